The van der Waals surface area contributed by atoms with Crippen LogP contribution in [0.2, 0.25) is 0 Å². The van der Waals surface area contributed by atoms with E-state index in [4.69, 9.17) is 9.84 Å². The summed E-state index contributed by atoms with van der Waals surface area (Å²) in [6.07, 6.45) is -0.102. The molecule has 0 saturated heterocycles. The zero-order valence-corrected chi connectivity index (χ0v) is 9.54. The van der Waals surface area contributed by atoms with Crippen LogP contribution in [0.15, 0.2) is 0 Å². The highest BCUT2D eigenvalue weighted by Crippen LogP contribution is 2.15. The molecule has 0 aromatic heterocycles. The number of carboxylic acid groups (broad SMARTS) is 1. The predicted molar refractivity (Wildman–Crippen MR) is 55.5 cm³/mol. The van der Waals surface area contributed by atoms with Gasteiger partial charge in [-0.25, -0.2) is 4.79 Å². The molecule has 0 aromatic rings. The smallest absolute Gasteiger partial charge is 0.407 e. The first-order valence-corrected chi connectivity index (χ1v) is 4.83. The molecule has 0 rings (SSSR count). The molecule has 0 aliphatic heterocycles. The molecule has 0 radical (unpaired) electrons. The van der Waals surface area contributed by atoms with Crippen LogP contribution >= 0.6 is 0 Å². The van der Waals surface area contributed by atoms with E-state index in [2.05, 4.69) is 0 Å². The summed E-state index contributed by atoms with van der Waals surface area (Å²) < 4.78 is 4.88. The number of ether oxygens (including phenoxy) is 1. The normalized spacial score (nSPS) is 11.4. The Bertz CT molecular complexity index is 175. The van der Waals surface area contributed by atoms with E-state index in [1.54, 1.807) is 7.11 Å². The molecule has 0 aliphatic rings. The molecular weight excluding hydrogens is 182 g/mol. The highest BCUT2D eigenvalue weighted by Gasteiger charge is 2.19. The summed E-state index contributed by atoms with van der Waals surface area (Å²) in [4.78, 5) is 12.3. The summed E-state index contributed by atoms with van der Waals surface area (Å²) in [6.45, 7) is 7.79. The van der Waals surface area contributed by atoms with Gasteiger partial charge in [0.15, 0.2) is 0 Å². The molecule has 1 N–H and O–H groups in total. The Morgan fingerprint density at radius 1 is 1.43 bits per heavy atom. The molecule has 0 fully saturated rings. The minimum Gasteiger partial charge on any atom is -0.465 e. The zero-order valence-electron chi connectivity index (χ0n) is 9.54. The summed E-state index contributed by atoms with van der Waals surface area (Å²) in [5.74, 6) is 0. The molecule has 0 bridgehead atoms. The van der Waals surface area contributed by atoms with Crippen LogP contribution in [0.5, 0.6) is 0 Å². The number of amides is 1. The lowest BCUT2D eigenvalue weighted by Crippen LogP contribution is -2.37. The van der Waals surface area contributed by atoms with Crippen LogP contribution in [0.1, 0.15) is 27.2 Å². The van der Waals surface area contributed by atoms with Crippen molar-refractivity contribution < 1.29 is 14.6 Å². The van der Waals surface area contributed by atoms with Gasteiger partial charge in [0.05, 0.1) is 0 Å². The molecule has 0 heterocycles. The van der Waals surface area contributed by atoms with E-state index < -0.39 is 6.09 Å². The van der Waals surface area contributed by atoms with E-state index in [0.29, 0.717) is 19.7 Å². The molecule has 0 aromatic carbocycles. The number of rotatable bonds is 5. The maximum absolute atomic E-state index is 10.9. The van der Waals surface area contributed by atoms with E-state index in [1.165, 1.54) is 4.90 Å². The lowest BCUT2D eigenvalue weighted by Gasteiger charge is -2.27. The third kappa shape index (κ3) is 6.71. The Kier molecular flexibility index (Phi) is 5.53. The third-order valence-electron chi connectivity index (χ3n) is 1.71. The Labute approximate surface area is 85.9 Å². The minimum absolute atomic E-state index is 0.00542. The molecule has 4 heteroatoms. The van der Waals surface area contributed by atoms with Crippen molar-refractivity contribution in [2.75, 3.05) is 26.8 Å². The van der Waals surface area contributed by atoms with Gasteiger partial charge in [-0.05, 0) is 11.8 Å². The van der Waals surface area contributed by atoms with Gasteiger partial charge >= 0.3 is 6.09 Å². The first-order valence-electron chi connectivity index (χ1n) is 4.83. The van der Waals surface area contributed by atoms with Crippen molar-refractivity contribution in [3.63, 3.8) is 0 Å². The van der Waals surface area contributed by atoms with Crippen LogP contribution in [0.4, 0.5) is 4.79 Å². The third-order valence-corrected chi connectivity index (χ3v) is 1.71. The molecule has 0 saturated carbocycles. The monoisotopic (exact) mass is 203 g/mol. The van der Waals surface area contributed by atoms with Crippen LogP contribution in [0, 0.1) is 5.41 Å². The van der Waals surface area contributed by atoms with Crippen molar-refractivity contribution in [2.45, 2.75) is 27.2 Å². The van der Waals surface area contributed by atoms with Gasteiger partial charge < -0.3 is 14.7 Å². The average molecular weight is 203 g/mol. The topological polar surface area (TPSA) is 49.8 Å². The Balaban J connectivity index is 3.97. The second kappa shape index (κ2) is 5.86. The Morgan fingerprint density at radius 3 is 2.36 bits per heavy atom. The fourth-order valence-corrected chi connectivity index (χ4v) is 1.21. The van der Waals surface area contributed by atoms with Gasteiger partial charge in [0.2, 0.25) is 0 Å². The summed E-state index contributed by atoms with van der Waals surface area (Å²) in [7, 11) is 1.62. The summed E-state index contributed by atoms with van der Waals surface area (Å²) in [5.41, 5.74) is 0.00542. The average Bonchev–Trinajstić information content (AvgIpc) is 2.00. The Hall–Kier alpha value is -0.770. The van der Waals surface area contributed by atoms with Crippen LogP contribution in [-0.4, -0.2) is 42.9 Å². The fourth-order valence-electron chi connectivity index (χ4n) is 1.21. The molecule has 1 amide bonds. The highest BCUT2D eigenvalue weighted by molar-refractivity contribution is 5.64. The van der Waals surface area contributed by atoms with Crippen molar-refractivity contribution in [2.24, 2.45) is 5.41 Å². The van der Waals surface area contributed by atoms with Crippen LogP contribution < -0.4 is 0 Å². The lowest BCUT2D eigenvalue weighted by molar-refractivity contribution is 0.116. The molecule has 0 spiro atoms. The van der Waals surface area contributed by atoms with Gasteiger partial charge in [-0.2, -0.15) is 0 Å². The van der Waals surface area contributed by atoms with Gasteiger partial charge in [0.25, 0.3) is 0 Å². The molecule has 0 atom stereocenters. The number of nitrogens with zero attached hydrogens (tertiary/aromatic N) is 1. The van der Waals surface area contributed by atoms with Gasteiger partial charge in [0.1, 0.15) is 0 Å². The van der Waals surface area contributed by atoms with E-state index in [0.717, 1.165) is 6.42 Å². The number of hydrogen-bond acceptors (Lipinski definition) is 2. The van der Waals surface area contributed by atoms with Gasteiger partial charge in [0, 0.05) is 26.8 Å². The molecule has 84 valence electrons. The highest BCUT2D eigenvalue weighted by atomic mass is 16.5. The summed E-state index contributed by atoms with van der Waals surface area (Å²) >= 11 is 0. The Morgan fingerprint density at radius 2 is 2.00 bits per heavy atom. The number of carbonyl (C=O) groups is 1. The number of hydrogen-bond donors (Lipinski definition) is 1. The second-order valence-corrected chi connectivity index (χ2v) is 4.61. The van der Waals surface area contributed by atoms with Crippen molar-refractivity contribution in [3.05, 3.63) is 0 Å². The SMILES string of the molecule is COCCCN(CC(C)(C)C)C(=O)O. The van der Waals surface area contributed by atoms with Crippen LogP contribution in [-0.2, 0) is 4.74 Å². The van der Waals surface area contributed by atoms with E-state index in [9.17, 15) is 4.79 Å². The van der Waals surface area contributed by atoms with Crippen LogP contribution in [0.25, 0.3) is 0 Å². The maximum Gasteiger partial charge on any atom is 0.407 e. The van der Waals surface area contributed by atoms with Gasteiger partial charge in [-0.15, -0.1) is 0 Å². The van der Waals surface area contributed by atoms with Crippen molar-refractivity contribution in [1.82, 2.24) is 4.90 Å². The van der Waals surface area contributed by atoms with Crippen LogP contribution in [0.3, 0.4) is 0 Å². The molecule has 0 unspecified atom stereocenters. The van der Waals surface area contributed by atoms with Gasteiger partial charge in [-0.3, -0.25) is 0 Å². The van der Waals surface area contributed by atoms with E-state index in [1.807, 2.05) is 20.8 Å². The van der Waals surface area contributed by atoms with Crippen molar-refractivity contribution in [1.29, 1.82) is 0 Å². The summed E-state index contributed by atoms with van der Waals surface area (Å²) in [5, 5.41) is 8.92. The molecule has 4 nitrogen and oxygen atoms in total. The second-order valence-electron chi connectivity index (χ2n) is 4.61. The molecular formula is C10H21NO3. The maximum atomic E-state index is 10.9. The summed E-state index contributed by atoms with van der Waals surface area (Å²) in [6, 6.07) is 0. The first-order chi connectivity index (χ1) is 6.37. The van der Waals surface area contributed by atoms with Gasteiger partial charge in [-0.1, -0.05) is 20.8 Å². The zero-order chi connectivity index (χ0) is 11.2. The lowest BCUT2D eigenvalue weighted by atomic mass is 9.96. The molecule has 0 aliphatic carbocycles. The molecule has 14 heavy (non-hydrogen) atoms. The van der Waals surface area contributed by atoms with Crippen molar-refractivity contribution >= 4 is 6.09 Å². The fraction of sp³-hybridized carbons (Fsp3) is 0.900. The number of methoxy groups -OCH3 is 1. The largest absolute Gasteiger partial charge is 0.465 e. The predicted octanol–water partition coefficient (Wildman–Crippen LogP) is 2.05. The van der Waals surface area contributed by atoms with E-state index in [-0.39, 0.29) is 5.41 Å². The standard InChI is InChI=1S/C10H21NO3/c1-10(2,3)8-11(9(12)13)6-5-7-14-4/h5-8H2,1-4H3,(H,12,13). The first kappa shape index (κ1) is 13.2. The quantitative estimate of drug-likeness (QED) is 0.696. The van der Waals surface area contributed by atoms with E-state index >= 15 is 0 Å². The minimum atomic E-state index is -0.851. The van der Waals surface area contributed by atoms with Crippen molar-refractivity contribution in [3.8, 4) is 0 Å².